The predicted molar refractivity (Wildman–Crippen MR) is 108 cm³/mol. The first-order valence-electron chi connectivity index (χ1n) is 8.08. The summed E-state index contributed by atoms with van der Waals surface area (Å²) in [5.74, 6) is -0.0832. The van der Waals surface area contributed by atoms with Crippen LogP contribution in [0.4, 0.5) is 0 Å². The average Bonchev–Trinajstić information content (AvgIpc) is 2.66. The van der Waals surface area contributed by atoms with E-state index in [2.05, 4.69) is 0 Å². The molecule has 2 rings (SSSR count). The van der Waals surface area contributed by atoms with Gasteiger partial charge in [-0.3, -0.25) is 9.59 Å². The van der Waals surface area contributed by atoms with Crippen LogP contribution in [0.3, 0.4) is 0 Å². The van der Waals surface area contributed by atoms with Crippen molar-refractivity contribution in [3.63, 3.8) is 0 Å². The van der Waals surface area contributed by atoms with Crippen LogP contribution < -0.4 is 9.47 Å². The summed E-state index contributed by atoms with van der Waals surface area (Å²) in [6.07, 6.45) is 5.44. The molecule has 0 atom stereocenters. The number of methoxy groups -OCH3 is 2. The van der Waals surface area contributed by atoms with E-state index < -0.39 is 0 Å². The van der Waals surface area contributed by atoms with Gasteiger partial charge < -0.3 is 19.7 Å². The molecule has 0 saturated carbocycles. The van der Waals surface area contributed by atoms with Gasteiger partial charge in [0.05, 0.1) is 20.6 Å². The van der Waals surface area contributed by atoms with Crippen LogP contribution in [0, 0.1) is 0 Å². The van der Waals surface area contributed by atoms with Gasteiger partial charge >= 0.3 is 19.8 Å². The van der Waals surface area contributed by atoms with Gasteiger partial charge in [-0.15, -0.1) is 0 Å². The number of aromatic hydroxyl groups is 2. The minimum absolute atomic E-state index is 0. The molecule has 0 bridgehead atoms. The number of carbonyl (C=O) groups excluding carboxylic acids is 2. The van der Waals surface area contributed by atoms with E-state index in [0.717, 1.165) is 0 Å². The Hall–Kier alpha value is -2.90. The molecule has 0 amide bonds. The third kappa shape index (κ3) is 6.68. The molecular weight excluding hydrogens is 418 g/mol. The normalized spacial score (nSPS) is 10.6. The number of carbonyl (C=O) groups is 2. The Balaban J connectivity index is 0.00000392. The molecular formula is C21H20GaO6+3. The molecule has 2 aromatic rings. The predicted octanol–water partition coefficient (Wildman–Crippen LogP) is 2.99. The van der Waals surface area contributed by atoms with Crippen LogP contribution in [-0.2, 0) is 9.59 Å². The van der Waals surface area contributed by atoms with E-state index in [1.54, 1.807) is 36.4 Å². The zero-order valence-electron chi connectivity index (χ0n) is 15.6. The third-order valence-electron chi connectivity index (χ3n) is 3.68. The summed E-state index contributed by atoms with van der Waals surface area (Å²) >= 11 is 0. The second kappa shape index (κ2) is 11.1. The molecule has 7 heteroatoms. The van der Waals surface area contributed by atoms with Gasteiger partial charge in [0, 0.05) is 0 Å². The monoisotopic (exact) mass is 437 g/mol. The first kappa shape index (κ1) is 23.1. The van der Waals surface area contributed by atoms with Crippen molar-refractivity contribution in [1.29, 1.82) is 0 Å². The molecule has 2 N–H and O–H groups in total. The number of rotatable bonds is 8. The minimum atomic E-state index is -0.347. The van der Waals surface area contributed by atoms with Crippen LogP contribution in [-0.4, -0.2) is 55.8 Å². The van der Waals surface area contributed by atoms with Crippen molar-refractivity contribution < 1.29 is 29.3 Å². The van der Waals surface area contributed by atoms with Crippen LogP contribution in [0.1, 0.15) is 17.5 Å². The maximum absolute atomic E-state index is 11.9. The summed E-state index contributed by atoms with van der Waals surface area (Å²) in [5, 5.41) is 19.1. The average molecular weight is 438 g/mol. The van der Waals surface area contributed by atoms with E-state index in [1.807, 2.05) is 0 Å². The molecule has 0 radical (unpaired) electrons. The second-order valence-corrected chi connectivity index (χ2v) is 5.64. The Bertz CT molecular complexity index is 828. The number of phenols is 2. The maximum atomic E-state index is 11.9. The Labute approximate surface area is 176 Å². The Kier molecular flexibility index (Phi) is 9.14. The Morgan fingerprint density at radius 3 is 1.57 bits per heavy atom. The largest absolute Gasteiger partial charge is 3.00 e. The van der Waals surface area contributed by atoms with E-state index in [-0.39, 0.29) is 49.3 Å². The summed E-state index contributed by atoms with van der Waals surface area (Å²) in [6, 6.07) is 9.34. The summed E-state index contributed by atoms with van der Waals surface area (Å²) in [6.45, 7) is 0. The van der Waals surface area contributed by atoms with Crippen molar-refractivity contribution in [2.75, 3.05) is 14.2 Å². The van der Waals surface area contributed by atoms with Crippen LogP contribution in [0.25, 0.3) is 12.2 Å². The van der Waals surface area contributed by atoms with Crippen molar-refractivity contribution in [3.8, 4) is 23.0 Å². The topological polar surface area (TPSA) is 93.1 Å². The van der Waals surface area contributed by atoms with Crippen molar-refractivity contribution in [2.24, 2.45) is 0 Å². The standard InChI is InChI=1S/C21H20O6.Ga/c1-26-20-11-14(5-9-18(20)24)3-7-16(22)13-17(23)8-4-15-6-10-19(25)21(12-15)27-2;/h3-12,24-25H,13H2,1-2H3;/q;+3/b7-3+,8-4+;. The number of benzene rings is 2. The van der Waals surface area contributed by atoms with E-state index in [1.165, 1.54) is 38.5 Å². The number of allylic oxidation sites excluding steroid dienone is 2. The molecule has 0 aromatic heterocycles. The van der Waals surface area contributed by atoms with Gasteiger partial charge in [0.25, 0.3) is 0 Å². The van der Waals surface area contributed by atoms with Gasteiger partial charge in [0.15, 0.2) is 34.6 Å². The van der Waals surface area contributed by atoms with Gasteiger partial charge in [-0.1, -0.05) is 24.3 Å². The van der Waals surface area contributed by atoms with Crippen molar-refractivity contribution >= 4 is 43.5 Å². The molecule has 0 fully saturated rings. The van der Waals surface area contributed by atoms with E-state index in [0.29, 0.717) is 22.6 Å². The first-order valence-corrected chi connectivity index (χ1v) is 8.08. The fraction of sp³-hybridized carbons (Fsp3) is 0.143. The fourth-order valence-electron chi connectivity index (χ4n) is 2.26. The Morgan fingerprint density at radius 2 is 1.21 bits per heavy atom. The van der Waals surface area contributed by atoms with E-state index in [4.69, 9.17) is 9.47 Å². The fourth-order valence-corrected chi connectivity index (χ4v) is 2.26. The minimum Gasteiger partial charge on any atom is -0.504 e. The maximum Gasteiger partial charge on any atom is 3.00 e. The molecule has 0 aliphatic carbocycles. The molecule has 2 aromatic carbocycles. The van der Waals surface area contributed by atoms with Crippen LogP contribution >= 0.6 is 0 Å². The van der Waals surface area contributed by atoms with Gasteiger partial charge in [-0.05, 0) is 47.5 Å². The third-order valence-corrected chi connectivity index (χ3v) is 3.68. The van der Waals surface area contributed by atoms with Crippen LogP contribution in [0.2, 0.25) is 0 Å². The summed E-state index contributed by atoms with van der Waals surface area (Å²) in [4.78, 5) is 23.9. The van der Waals surface area contributed by atoms with Gasteiger partial charge in [0.1, 0.15) is 0 Å². The van der Waals surface area contributed by atoms with E-state index in [9.17, 15) is 19.8 Å². The number of hydrogen-bond acceptors (Lipinski definition) is 6. The summed E-state index contributed by atoms with van der Waals surface area (Å²) in [7, 11) is 2.87. The molecule has 140 valence electrons. The molecule has 0 saturated heterocycles. The molecule has 6 nitrogen and oxygen atoms in total. The number of hydrogen-bond donors (Lipinski definition) is 2. The zero-order valence-corrected chi connectivity index (χ0v) is 18.0. The molecule has 0 heterocycles. The van der Waals surface area contributed by atoms with Gasteiger partial charge in [-0.25, -0.2) is 0 Å². The smallest absolute Gasteiger partial charge is 0.504 e. The SMILES string of the molecule is COc1cc(/C=C/C(=O)CC(=O)/C=C/c2ccc(O)c(OC)c2)ccc1O.[Ga+3]. The number of phenolic OH excluding ortho intramolecular Hbond substituents is 2. The molecule has 0 aliphatic heterocycles. The van der Waals surface area contributed by atoms with Crippen LogP contribution in [0.5, 0.6) is 23.0 Å². The number of ketones is 2. The van der Waals surface area contributed by atoms with E-state index >= 15 is 0 Å². The zero-order chi connectivity index (χ0) is 19.8. The quantitative estimate of drug-likeness (QED) is 0.374. The summed E-state index contributed by atoms with van der Waals surface area (Å²) in [5.41, 5.74) is 1.33. The van der Waals surface area contributed by atoms with Gasteiger partial charge in [-0.2, -0.15) is 0 Å². The number of ether oxygens (including phenoxy) is 2. The van der Waals surface area contributed by atoms with Crippen molar-refractivity contribution in [3.05, 3.63) is 59.7 Å². The summed E-state index contributed by atoms with van der Waals surface area (Å²) < 4.78 is 10.00. The van der Waals surface area contributed by atoms with Crippen molar-refractivity contribution in [2.45, 2.75) is 6.42 Å². The molecule has 0 unspecified atom stereocenters. The van der Waals surface area contributed by atoms with Crippen molar-refractivity contribution in [1.82, 2.24) is 0 Å². The second-order valence-electron chi connectivity index (χ2n) is 5.64. The molecule has 28 heavy (non-hydrogen) atoms. The van der Waals surface area contributed by atoms with Crippen LogP contribution in [0.15, 0.2) is 48.6 Å². The molecule has 0 spiro atoms. The Morgan fingerprint density at radius 1 is 0.821 bits per heavy atom. The van der Waals surface area contributed by atoms with Gasteiger partial charge in [0.2, 0.25) is 0 Å². The molecule has 0 aliphatic rings. The first-order chi connectivity index (χ1) is 12.9.